The quantitative estimate of drug-likeness (QED) is 0.585. The molecular formula is C20H19BrN2O3. The Morgan fingerprint density at radius 2 is 1.96 bits per heavy atom. The van der Waals surface area contributed by atoms with E-state index in [9.17, 15) is 4.79 Å². The Kier molecular flexibility index (Phi) is 6.07. The van der Waals surface area contributed by atoms with Crippen molar-refractivity contribution in [3.8, 4) is 17.1 Å². The third kappa shape index (κ3) is 4.73. The molecule has 0 saturated carbocycles. The van der Waals surface area contributed by atoms with Crippen LogP contribution in [0, 0.1) is 0 Å². The average molecular weight is 415 g/mol. The van der Waals surface area contributed by atoms with E-state index >= 15 is 0 Å². The van der Waals surface area contributed by atoms with Crippen LogP contribution < -0.4 is 10.1 Å². The van der Waals surface area contributed by atoms with E-state index in [1.54, 1.807) is 6.20 Å². The van der Waals surface area contributed by atoms with Gasteiger partial charge < -0.3 is 14.5 Å². The minimum Gasteiger partial charge on any atom is -0.492 e. The number of rotatable bonds is 7. The summed E-state index contributed by atoms with van der Waals surface area (Å²) in [6.07, 6.45) is 2.39. The zero-order chi connectivity index (χ0) is 18.4. The highest BCUT2D eigenvalue weighted by Gasteiger charge is 2.11. The van der Waals surface area contributed by atoms with Crippen molar-refractivity contribution >= 4 is 27.5 Å². The van der Waals surface area contributed by atoms with E-state index in [0.29, 0.717) is 36.1 Å². The molecule has 1 amide bonds. The van der Waals surface area contributed by atoms with Crippen LogP contribution >= 0.6 is 15.9 Å². The summed E-state index contributed by atoms with van der Waals surface area (Å²) in [7, 11) is 0. The van der Waals surface area contributed by atoms with E-state index in [1.807, 2.05) is 55.5 Å². The van der Waals surface area contributed by atoms with Crippen molar-refractivity contribution in [2.75, 3.05) is 11.9 Å². The molecule has 0 bridgehead atoms. The Morgan fingerprint density at radius 1 is 1.19 bits per heavy atom. The molecule has 0 aliphatic carbocycles. The number of aryl methyl sites for hydroxylation is 1. The second-order valence-electron chi connectivity index (χ2n) is 5.60. The Morgan fingerprint density at radius 3 is 2.73 bits per heavy atom. The lowest BCUT2D eigenvalue weighted by atomic mass is 10.2. The number of nitrogens with one attached hydrogen (secondary N) is 1. The van der Waals surface area contributed by atoms with Gasteiger partial charge in [-0.05, 0) is 31.2 Å². The van der Waals surface area contributed by atoms with Crippen molar-refractivity contribution in [3.63, 3.8) is 0 Å². The fraction of sp³-hybridized carbons (Fsp3) is 0.200. The van der Waals surface area contributed by atoms with E-state index in [4.69, 9.17) is 9.15 Å². The summed E-state index contributed by atoms with van der Waals surface area (Å²) in [5, 5.41) is 2.87. The molecule has 5 nitrogen and oxygen atoms in total. The normalized spacial score (nSPS) is 10.5. The van der Waals surface area contributed by atoms with Gasteiger partial charge in [0.2, 0.25) is 5.91 Å². The van der Waals surface area contributed by atoms with Crippen LogP contribution in [-0.4, -0.2) is 17.5 Å². The summed E-state index contributed by atoms with van der Waals surface area (Å²) in [5.74, 6) is 1.78. The number of amides is 1. The Hall–Kier alpha value is -2.60. The highest BCUT2D eigenvalue weighted by atomic mass is 79.9. The van der Waals surface area contributed by atoms with Gasteiger partial charge in [0.1, 0.15) is 5.75 Å². The van der Waals surface area contributed by atoms with Crippen molar-refractivity contribution in [1.29, 1.82) is 0 Å². The molecule has 0 aliphatic heterocycles. The van der Waals surface area contributed by atoms with Gasteiger partial charge in [0, 0.05) is 22.9 Å². The molecule has 0 radical (unpaired) electrons. The second-order valence-corrected chi connectivity index (χ2v) is 6.52. The van der Waals surface area contributed by atoms with Crippen molar-refractivity contribution < 1.29 is 13.9 Å². The third-order valence-electron chi connectivity index (χ3n) is 3.71. The van der Waals surface area contributed by atoms with Crippen LogP contribution in [0.15, 0.2) is 63.6 Å². The molecule has 0 atom stereocenters. The largest absolute Gasteiger partial charge is 0.492 e. The van der Waals surface area contributed by atoms with Gasteiger partial charge in [0.05, 0.1) is 18.5 Å². The van der Waals surface area contributed by atoms with Crippen molar-refractivity contribution in [2.45, 2.75) is 19.8 Å². The van der Waals surface area contributed by atoms with Crippen molar-refractivity contribution in [3.05, 3.63) is 65.1 Å². The summed E-state index contributed by atoms with van der Waals surface area (Å²) in [5.41, 5.74) is 1.62. The monoisotopic (exact) mass is 414 g/mol. The molecule has 134 valence electrons. The molecule has 6 heteroatoms. The number of carbonyl (C=O) groups excluding carboxylic acids is 1. The number of benzene rings is 2. The number of para-hydroxylation sites is 2. The van der Waals surface area contributed by atoms with E-state index in [-0.39, 0.29) is 12.3 Å². The van der Waals surface area contributed by atoms with Gasteiger partial charge in [-0.3, -0.25) is 4.79 Å². The third-order valence-corrected chi connectivity index (χ3v) is 4.24. The molecule has 26 heavy (non-hydrogen) atoms. The van der Waals surface area contributed by atoms with Gasteiger partial charge in [-0.15, -0.1) is 0 Å². The van der Waals surface area contributed by atoms with Crippen LogP contribution in [0.3, 0.4) is 0 Å². The van der Waals surface area contributed by atoms with Crippen LogP contribution in [0.2, 0.25) is 0 Å². The Labute approximate surface area is 160 Å². The molecule has 1 aromatic heterocycles. The highest BCUT2D eigenvalue weighted by molar-refractivity contribution is 9.10. The summed E-state index contributed by atoms with van der Waals surface area (Å²) in [6, 6.07) is 15.2. The number of aromatic nitrogens is 1. The molecule has 0 aliphatic rings. The van der Waals surface area contributed by atoms with Gasteiger partial charge in [-0.1, -0.05) is 40.2 Å². The van der Waals surface area contributed by atoms with Crippen LogP contribution in [0.25, 0.3) is 11.3 Å². The summed E-state index contributed by atoms with van der Waals surface area (Å²) in [6.45, 7) is 2.45. The lowest BCUT2D eigenvalue weighted by Crippen LogP contribution is -2.13. The van der Waals surface area contributed by atoms with Crippen LogP contribution in [0.4, 0.5) is 5.69 Å². The van der Waals surface area contributed by atoms with Crippen LogP contribution in [0.1, 0.15) is 19.2 Å². The molecule has 2 aromatic carbocycles. The zero-order valence-electron chi connectivity index (χ0n) is 14.4. The molecule has 0 spiro atoms. The standard InChI is InChI=1S/C20H19BrN2O3/c1-2-25-17-6-4-3-5-16(17)23-19(24)11-12-20-22-13-18(26-20)14-7-9-15(21)10-8-14/h3-10,13H,2,11-12H2,1H3,(H,23,24). The maximum atomic E-state index is 12.2. The van der Waals surface area contributed by atoms with Crippen molar-refractivity contribution in [1.82, 2.24) is 4.98 Å². The summed E-state index contributed by atoms with van der Waals surface area (Å²) < 4.78 is 12.3. The first-order valence-electron chi connectivity index (χ1n) is 8.38. The molecular weight excluding hydrogens is 396 g/mol. The predicted octanol–water partition coefficient (Wildman–Crippen LogP) is 5.07. The van der Waals surface area contributed by atoms with Crippen molar-refractivity contribution in [2.24, 2.45) is 0 Å². The van der Waals surface area contributed by atoms with E-state index < -0.39 is 0 Å². The van der Waals surface area contributed by atoms with Gasteiger partial charge in [-0.2, -0.15) is 0 Å². The van der Waals surface area contributed by atoms with E-state index in [1.165, 1.54) is 0 Å². The number of carbonyl (C=O) groups is 1. The first kappa shape index (κ1) is 18.2. The minimum atomic E-state index is -0.111. The highest BCUT2D eigenvalue weighted by Crippen LogP contribution is 2.25. The molecule has 0 fully saturated rings. The molecule has 0 saturated heterocycles. The molecule has 3 rings (SSSR count). The Balaban J connectivity index is 1.58. The van der Waals surface area contributed by atoms with Gasteiger partial charge in [0.15, 0.2) is 11.7 Å². The van der Waals surface area contributed by atoms with Gasteiger partial charge >= 0.3 is 0 Å². The van der Waals surface area contributed by atoms with Gasteiger partial charge in [0.25, 0.3) is 0 Å². The average Bonchev–Trinajstić information content (AvgIpc) is 3.11. The Bertz CT molecular complexity index is 875. The van der Waals surface area contributed by atoms with E-state index in [2.05, 4.69) is 26.2 Å². The number of hydrogen-bond acceptors (Lipinski definition) is 4. The number of oxazole rings is 1. The zero-order valence-corrected chi connectivity index (χ0v) is 16.0. The van der Waals surface area contributed by atoms with Crippen LogP contribution in [0.5, 0.6) is 5.75 Å². The predicted molar refractivity (Wildman–Crippen MR) is 104 cm³/mol. The number of halogens is 1. The molecule has 0 unspecified atom stereocenters. The smallest absolute Gasteiger partial charge is 0.224 e. The number of nitrogens with zero attached hydrogens (tertiary/aromatic N) is 1. The number of ether oxygens (including phenoxy) is 1. The fourth-order valence-electron chi connectivity index (χ4n) is 2.46. The maximum absolute atomic E-state index is 12.2. The lowest BCUT2D eigenvalue weighted by molar-refractivity contribution is -0.116. The topological polar surface area (TPSA) is 64.4 Å². The van der Waals surface area contributed by atoms with Gasteiger partial charge in [-0.25, -0.2) is 4.98 Å². The number of hydrogen-bond donors (Lipinski definition) is 1. The summed E-state index contributed by atoms with van der Waals surface area (Å²) in [4.78, 5) is 16.5. The first-order valence-corrected chi connectivity index (χ1v) is 9.17. The molecule has 1 heterocycles. The molecule has 1 N–H and O–H groups in total. The second kappa shape index (κ2) is 8.67. The number of anilines is 1. The minimum absolute atomic E-state index is 0.111. The fourth-order valence-corrected chi connectivity index (χ4v) is 2.72. The first-order chi connectivity index (χ1) is 12.7. The lowest BCUT2D eigenvalue weighted by Gasteiger charge is -2.10. The molecule has 3 aromatic rings. The van der Waals surface area contributed by atoms with E-state index in [0.717, 1.165) is 10.0 Å². The summed E-state index contributed by atoms with van der Waals surface area (Å²) >= 11 is 3.41. The maximum Gasteiger partial charge on any atom is 0.224 e. The van der Waals surface area contributed by atoms with Crippen LogP contribution in [-0.2, 0) is 11.2 Å². The SMILES string of the molecule is CCOc1ccccc1NC(=O)CCc1ncc(-c2ccc(Br)cc2)o1.